The number of hydrogen-bond donors (Lipinski definition) is 2. The number of likely N-dealkylation sites (tertiary alicyclic amines) is 1. The lowest BCUT2D eigenvalue weighted by Gasteiger charge is -2.30. The van der Waals surface area contributed by atoms with Crippen LogP contribution in [0, 0.1) is 0 Å². The molecule has 2 saturated heterocycles. The van der Waals surface area contributed by atoms with Crippen LogP contribution < -0.4 is 10.9 Å². The summed E-state index contributed by atoms with van der Waals surface area (Å²) in [6.45, 7) is 3.37. The number of nitrogens with one attached hydrogen (secondary N) is 2. The van der Waals surface area contributed by atoms with E-state index in [0.29, 0.717) is 36.2 Å². The number of carbonyl (C=O) groups excluding carboxylic acids is 3. The molecule has 2 N–H and O–H groups in total. The molecule has 2 heterocycles. The van der Waals surface area contributed by atoms with E-state index in [1.165, 1.54) is 4.90 Å². The number of ether oxygens (including phenoxy) is 1. The van der Waals surface area contributed by atoms with Crippen LogP contribution in [-0.2, 0) is 24.5 Å². The van der Waals surface area contributed by atoms with E-state index in [1.807, 2.05) is 0 Å². The van der Waals surface area contributed by atoms with Crippen molar-refractivity contribution in [3.8, 4) is 0 Å². The standard InChI is InChI=1S/C24H35ClN4O4/c1-4-8-17-13-18(27-26-17)16-28(2)21(30)14-24(19-9-5-6-10-20(19)25)15-22(31)29(23(24)32)11-7-12-33-3/h5-6,9-10,17-18,26-27H,4,7-8,11-16H2,1-3H3. The average Bonchev–Trinajstić information content (AvgIpc) is 3.31. The highest BCUT2D eigenvalue weighted by Gasteiger charge is 2.54. The maximum absolute atomic E-state index is 13.6. The minimum absolute atomic E-state index is 0.0655. The molecule has 3 amide bonds. The van der Waals surface area contributed by atoms with E-state index in [2.05, 4.69) is 17.8 Å². The van der Waals surface area contributed by atoms with Crippen LogP contribution in [0.25, 0.3) is 0 Å². The van der Waals surface area contributed by atoms with Crippen molar-refractivity contribution in [2.75, 3.05) is 33.9 Å². The zero-order valence-electron chi connectivity index (χ0n) is 19.7. The maximum Gasteiger partial charge on any atom is 0.240 e. The molecular formula is C24H35ClN4O4. The third-order valence-corrected chi connectivity index (χ3v) is 6.93. The summed E-state index contributed by atoms with van der Waals surface area (Å²) in [6.07, 6.45) is 3.48. The van der Waals surface area contributed by atoms with Crippen molar-refractivity contribution in [2.45, 2.75) is 62.9 Å². The third-order valence-electron chi connectivity index (χ3n) is 6.60. The van der Waals surface area contributed by atoms with Gasteiger partial charge in [0.1, 0.15) is 0 Å². The van der Waals surface area contributed by atoms with E-state index in [4.69, 9.17) is 16.3 Å². The summed E-state index contributed by atoms with van der Waals surface area (Å²) in [7, 11) is 3.32. The van der Waals surface area contributed by atoms with Crippen LogP contribution in [-0.4, -0.2) is 73.5 Å². The minimum Gasteiger partial charge on any atom is -0.385 e. The number of amides is 3. The first kappa shape index (κ1) is 25.6. The number of halogens is 1. The molecule has 0 aliphatic carbocycles. The number of carbonyl (C=O) groups is 3. The largest absolute Gasteiger partial charge is 0.385 e. The van der Waals surface area contributed by atoms with Crippen LogP contribution in [0.15, 0.2) is 24.3 Å². The molecule has 3 unspecified atom stereocenters. The average molecular weight is 479 g/mol. The third kappa shape index (κ3) is 5.74. The second-order valence-electron chi connectivity index (χ2n) is 9.09. The van der Waals surface area contributed by atoms with E-state index in [1.54, 1.807) is 43.3 Å². The SMILES string of the molecule is CCCC1CC(CN(C)C(=O)CC2(c3ccccc3Cl)CC(=O)N(CCCOC)C2=O)NN1. The quantitative estimate of drug-likeness (QED) is 0.374. The Morgan fingerprint density at radius 1 is 1.27 bits per heavy atom. The number of imide groups is 1. The summed E-state index contributed by atoms with van der Waals surface area (Å²) >= 11 is 6.48. The molecule has 8 nitrogen and oxygen atoms in total. The number of hydrazine groups is 1. The van der Waals surface area contributed by atoms with Crippen molar-refractivity contribution in [1.82, 2.24) is 20.7 Å². The highest BCUT2D eigenvalue weighted by molar-refractivity contribution is 6.32. The van der Waals surface area contributed by atoms with Gasteiger partial charge in [0.05, 0.1) is 5.41 Å². The van der Waals surface area contributed by atoms with Crippen molar-refractivity contribution >= 4 is 29.3 Å². The summed E-state index contributed by atoms with van der Waals surface area (Å²) in [5.74, 6) is -0.826. The molecule has 0 aromatic heterocycles. The summed E-state index contributed by atoms with van der Waals surface area (Å²) in [5.41, 5.74) is 5.79. The minimum atomic E-state index is -1.29. The van der Waals surface area contributed by atoms with E-state index in [9.17, 15) is 14.4 Å². The number of rotatable bonds is 11. The number of methoxy groups -OCH3 is 1. The van der Waals surface area contributed by atoms with Gasteiger partial charge < -0.3 is 9.64 Å². The van der Waals surface area contributed by atoms with Gasteiger partial charge in [0.2, 0.25) is 17.7 Å². The van der Waals surface area contributed by atoms with Gasteiger partial charge in [0.25, 0.3) is 0 Å². The molecule has 33 heavy (non-hydrogen) atoms. The smallest absolute Gasteiger partial charge is 0.240 e. The fourth-order valence-electron chi connectivity index (χ4n) is 4.87. The Morgan fingerprint density at radius 2 is 2.00 bits per heavy atom. The Kier molecular flexibility index (Phi) is 8.87. The van der Waals surface area contributed by atoms with Gasteiger partial charge in [-0.2, -0.15) is 0 Å². The molecule has 2 aliphatic heterocycles. The number of nitrogens with zero attached hydrogens (tertiary/aromatic N) is 2. The Hall–Kier alpha value is -2.00. The van der Waals surface area contributed by atoms with Gasteiger partial charge in [-0.1, -0.05) is 43.1 Å². The van der Waals surface area contributed by atoms with Crippen LogP contribution in [0.1, 0.15) is 51.0 Å². The lowest BCUT2D eigenvalue weighted by molar-refractivity contribution is -0.142. The molecule has 0 spiro atoms. The topological polar surface area (TPSA) is 91.0 Å². The van der Waals surface area contributed by atoms with Crippen molar-refractivity contribution in [1.29, 1.82) is 0 Å². The zero-order chi connectivity index (χ0) is 24.0. The van der Waals surface area contributed by atoms with Gasteiger partial charge in [0.15, 0.2) is 0 Å². The molecule has 1 aromatic rings. The molecule has 3 atom stereocenters. The molecule has 1 aromatic carbocycles. The molecule has 9 heteroatoms. The Morgan fingerprint density at radius 3 is 2.70 bits per heavy atom. The normalized spacial score (nSPS) is 25.2. The van der Waals surface area contributed by atoms with Gasteiger partial charge in [-0.05, 0) is 30.9 Å². The zero-order valence-corrected chi connectivity index (χ0v) is 20.5. The van der Waals surface area contributed by atoms with Gasteiger partial charge in [-0.25, -0.2) is 0 Å². The summed E-state index contributed by atoms with van der Waals surface area (Å²) in [5, 5.41) is 0.386. The molecule has 2 aliphatic rings. The fourth-order valence-corrected chi connectivity index (χ4v) is 5.18. The highest BCUT2D eigenvalue weighted by Crippen LogP contribution is 2.43. The van der Waals surface area contributed by atoms with Crippen LogP contribution in [0.2, 0.25) is 5.02 Å². The molecule has 3 rings (SSSR count). The van der Waals surface area contributed by atoms with Gasteiger partial charge in [-0.3, -0.25) is 30.1 Å². The van der Waals surface area contributed by atoms with E-state index in [-0.39, 0.29) is 43.1 Å². The van der Waals surface area contributed by atoms with Crippen molar-refractivity contribution < 1.29 is 19.1 Å². The Bertz CT molecular complexity index is 867. The van der Waals surface area contributed by atoms with E-state index < -0.39 is 5.41 Å². The second kappa shape index (κ2) is 11.4. The molecule has 0 radical (unpaired) electrons. The summed E-state index contributed by atoms with van der Waals surface area (Å²) in [4.78, 5) is 42.7. The van der Waals surface area contributed by atoms with Crippen molar-refractivity contribution in [2.24, 2.45) is 0 Å². The summed E-state index contributed by atoms with van der Waals surface area (Å²) in [6, 6.07) is 7.53. The maximum atomic E-state index is 13.6. The number of likely N-dealkylation sites (N-methyl/N-ethyl adjacent to an activating group) is 1. The van der Waals surface area contributed by atoms with Gasteiger partial charge in [-0.15, -0.1) is 0 Å². The lowest BCUT2D eigenvalue weighted by Crippen LogP contribution is -2.46. The Labute approximate surface area is 200 Å². The van der Waals surface area contributed by atoms with Crippen LogP contribution in [0.3, 0.4) is 0 Å². The highest BCUT2D eigenvalue weighted by atomic mass is 35.5. The first-order valence-electron chi connectivity index (χ1n) is 11.7. The Balaban J connectivity index is 1.78. The molecule has 0 saturated carbocycles. The van der Waals surface area contributed by atoms with Gasteiger partial charge >= 0.3 is 0 Å². The van der Waals surface area contributed by atoms with Crippen LogP contribution >= 0.6 is 11.6 Å². The molecular weight excluding hydrogens is 444 g/mol. The predicted octanol–water partition coefficient (Wildman–Crippen LogP) is 2.26. The molecule has 0 bridgehead atoms. The molecule has 2 fully saturated rings. The van der Waals surface area contributed by atoms with Crippen molar-refractivity contribution in [3.05, 3.63) is 34.9 Å². The number of hydrogen-bond acceptors (Lipinski definition) is 6. The monoisotopic (exact) mass is 478 g/mol. The fraction of sp³-hybridized carbons (Fsp3) is 0.625. The first-order chi connectivity index (χ1) is 15.8. The lowest BCUT2D eigenvalue weighted by atomic mass is 9.75. The van der Waals surface area contributed by atoms with E-state index in [0.717, 1.165) is 19.3 Å². The van der Waals surface area contributed by atoms with Gasteiger partial charge in [0, 0.05) is 63.8 Å². The number of benzene rings is 1. The first-order valence-corrected chi connectivity index (χ1v) is 12.0. The van der Waals surface area contributed by atoms with Crippen LogP contribution in [0.5, 0.6) is 0 Å². The van der Waals surface area contributed by atoms with E-state index >= 15 is 0 Å². The molecule has 182 valence electrons. The summed E-state index contributed by atoms with van der Waals surface area (Å²) < 4.78 is 5.07. The second-order valence-corrected chi connectivity index (χ2v) is 9.50. The predicted molar refractivity (Wildman–Crippen MR) is 127 cm³/mol. The van der Waals surface area contributed by atoms with Crippen LogP contribution in [0.4, 0.5) is 0 Å². The van der Waals surface area contributed by atoms with Crippen molar-refractivity contribution in [3.63, 3.8) is 0 Å².